The van der Waals surface area contributed by atoms with Crippen LogP contribution < -0.4 is 10.6 Å². The summed E-state index contributed by atoms with van der Waals surface area (Å²) in [5, 5.41) is 5.80. The molecule has 0 saturated carbocycles. The molecule has 1 heterocycles. The summed E-state index contributed by atoms with van der Waals surface area (Å²) < 4.78 is 1.16. The van der Waals surface area contributed by atoms with E-state index in [0.29, 0.717) is 13.0 Å². The minimum atomic E-state index is 0.0476. The molecule has 2 rings (SSSR count). The number of carbonyl (C=O) groups excluding carboxylic acids is 1. The van der Waals surface area contributed by atoms with Gasteiger partial charge in [-0.2, -0.15) is 0 Å². The lowest BCUT2D eigenvalue weighted by atomic mass is 10.3. The summed E-state index contributed by atoms with van der Waals surface area (Å²) in [6.45, 7) is 0.643. The Kier molecular flexibility index (Phi) is 3.36. The van der Waals surface area contributed by atoms with Gasteiger partial charge in [-0.25, -0.2) is 4.98 Å². The molecule has 84 valence electrons. The summed E-state index contributed by atoms with van der Waals surface area (Å²) in [5.41, 5.74) is 3.88. The highest BCUT2D eigenvalue weighted by Crippen LogP contribution is 2.21. The number of anilines is 1. The third-order valence-electron chi connectivity index (χ3n) is 2.29. The van der Waals surface area contributed by atoms with Gasteiger partial charge in [0.1, 0.15) is 0 Å². The van der Waals surface area contributed by atoms with Gasteiger partial charge in [-0.05, 0) is 18.2 Å². The van der Waals surface area contributed by atoms with E-state index in [4.69, 9.17) is 0 Å². The molecule has 0 aliphatic carbocycles. The SMILES string of the molecule is CNC(=O)CCNc1ccc2ncsc2c1. The fourth-order valence-electron chi connectivity index (χ4n) is 1.41. The zero-order valence-electron chi connectivity index (χ0n) is 8.99. The molecule has 16 heavy (non-hydrogen) atoms. The molecule has 0 atom stereocenters. The van der Waals surface area contributed by atoms with E-state index >= 15 is 0 Å². The van der Waals surface area contributed by atoms with Crippen molar-refractivity contribution in [3.05, 3.63) is 23.7 Å². The number of hydrogen-bond acceptors (Lipinski definition) is 4. The van der Waals surface area contributed by atoms with E-state index in [1.54, 1.807) is 18.4 Å². The molecular weight excluding hydrogens is 222 g/mol. The third kappa shape index (κ3) is 2.49. The Labute approximate surface area is 97.7 Å². The van der Waals surface area contributed by atoms with Gasteiger partial charge in [0.25, 0.3) is 0 Å². The first-order chi connectivity index (χ1) is 7.79. The van der Waals surface area contributed by atoms with Gasteiger partial charge in [0, 0.05) is 25.7 Å². The van der Waals surface area contributed by atoms with Crippen LogP contribution in [0.3, 0.4) is 0 Å². The molecule has 2 N–H and O–H groups in total. The van der Waals surface area contributed by atoms with Crippen molar-refractivity contribution in [3.63, 3.8) is 0 Å². The first-order valence-electron chi connectivity index (χ1n) is 5.07. The zero-order valence-corrected chi connectivity index (χ0v) is 9.80. The maximum atomic E-state index is 11.0. The topological polar surface area (TPSA) is 54.0 Å². The Morgan fingerprint density at radius 2 is 2.38 bits per heavy atom. The molecule has 0 bridgehead atoms. The summed E-state index contributed by atoms with van der Waals surface area (Å²) >= 11 is 1.62. The quantitative estimate of drug-likeness (QED) is 0.850. The van der Waals surface area contributed by atoms with Crippen molar-refractivity contribution in [2.45, 2.75) is 6.42 Å². The van der Waals surface area contributed by atoms with Crippen molar-refractivity contribution in [1.82, 2.24) is 10.3 Å². The lowest BCUT2D eigenvalue weighted by Gasteiger charge is -2.05. The first-order valence-corrected chi connectivity index (χ1v) is 5.95. The highest BCUT2D eigenvalue weighted by atomic mass is 32.1. The zero-order chi connectivity index (χ0) is 11.4. The molecule has 0 aliphatic rings. The van der Waals surface area contributed by atoms with Crippen LogP contribution in [0.25, 0.3) is 10.2 Å². The molecular formula is C11H13N3OS. The van der Waals surface area contributed by atoms with Gasteiger partial charge in [-0.1, -0.05) is 0 Å². The molecule has 1 aromatic heterocycles. The van der Waals surface area contributed by atoms with E-state index in [0.717, 1.165) is 15.9 Å². The summed E-state index contributed by atoms with van der Waals surface area (Å²) in [6, 6.07) is 6.01. The van der Waals surface area contributed by atoms with Crippen LogP contribution in [-0.2, 0) is 4.79 Å². The fraction of sp³-hybridized carbons (Fsp3) is 0.273. The lowest BCUT2D eigenvalue weighted by Crippen LogP contribution is -2.20. The first kappa shape index (κ1) is 10.9. The Bertz CT molecular complexity index is 495. The predicted molar refractivity (Wildman–Crippen MR) is 66.8 cm³/mol. The van der Waals surface area contributed by atoms with E-state index in [1.807, 2.05) is 17.6 Å². The fourth-order valence-corrected chi connectivity index (χ4v) is 2.13. The second kappa shape index (κ2) is 4.94. The summed E-state index contributed by atoms with van der Waals surface area (Å²) in [6.07, 6.45) is 0.483. The number of aromatic nitrogens is 1. The molecule has 0 spiro atoms. The number of rotatable bonds is 4. The second-order valence-electron chi connectivity index (χ2n) is 3.38. The van der Waals surface area contributed by atoms with Crippen molar-refractivity contribution in [3.8, 4) is 0 Å². The standard InChI is InChI=1S/C11H13N3OS/c1-12-11(15)4-5-13-8-2-3-9-10(6-8)16-7-14-9/h2-3,6-7,13H,4-5H2,1H3,(H,12,15). The number of amides is 1. The van der Waals surface area contributed by atoms with Crippen LogP contribution >= 0.6 is 11.3 Å². The second-order valence-corrected chi connectivity index (χ2v) is 4.27. The summed E-state index contributed by atoms with van der Waals surface area (Å²) in [4.78, 5) is 15.2. The van der Waals surface area contributed by atoms with Gasteiger partial charge in [-0.15, -0.1) is 11.3 Å². The van der Waals surface area contributed by atoms with Crippen LogP contribution in [0.1, 0.15) is 6.42 Å². The van der Waals surface area contributed by atoms with Crippen LogP contribution in [0.2, 0.25) is 0 Å². The molecule has 5 heteroatoms. The number of carbonyl (C=O) groups is 1. The molecule has 0 radical (unpaired) electrons. The Balaban J connectivity index is 1.96. The van der Waals surface area contributed by atoms with E-state index in [-0.39, 0.29) is 5.91 Å². The number of nitrogens with one attached hydrogen (secondary N) is 2. The molecule has 2 aromatic rings. The van der Waals surface area contributed by atoms with Crippen molar-refractivity contribution in [2.24, 2.45) is 0 Å². The molecule has 1 amide bonds. The number of thiazole rings is 1. The van der Waals surface area contributed by atoms with Crippen molar-refractivity contribution in [2.75, 3.05) is 18.9 Å². The number of fused-ring (bicyclic) bond motifs is 1. The smallest absolute Gasteiger partial charge is 0.221 e. The maximum absolute atomic E-state index is 11.0. The molecule has 0 unspecified atom stereocenters. The van der Waals surface area contributed by atoms with Crippen LogP contribution in [-0.4, -0.2) is 24.5 Å². The number of nitrogens with zero attached hydrogens (tertiary/aromatic N) is 1. The van der Waals surface area contributed by atoms with Gasteiger partial charge in [0.05, 0.1) is 15.7 Å². The van der Waals surface area contributed by atoms with E-state index in [9.17, 15) is 4.79 Å². The van der Waals surface area contributed by atoms with Gasteiger partial charge in [0.2, 0.25) is 5.91 Å². The van der Waals surface area contributed by atoms with Crippen molar-refractivity contribution < 1.29 is 4.79 Å². The molecule has 4 nitrogen and oxygen atoms in total. The van der Waals surface area contributed by atoms with Gasteiger partial charge < -0.3 is 10.6 Å². The summed E-state index contributed by atoms with van der Waals surface area (Å²) in [7, 11) is 1.64. The molecule has 1 aromatic carbocycles. The molecule has 0 saturated heterocycles. The van der Waals surface area contributed by atoms with Crippen LogP contribution in [0.15, 0.2) is 23.7 Å². The third-order valence-corrected chi connectivity index (χ3v) is 3.08. The Morgan fingerprint density at radius 1 is 1.50 bits per heavy atom. The van der Waals surface area contributed by atoms with Crippen LogP contribution in [0.4, 0.5) is 5.69 Å². The molecule has 0 aliphatic heterocycles. The number of hydrogen-bond donors (Lipinski definition) is 2. The van der Waals surface area contributed by atoms with Gasteiger partial charge >= 0.3 is 0 Å². The highest BCUT2D eigenvalue weighted by molar-refractivity contribution is 7.16. The summed E-state index contributed by atoms with van der Waals surface area (Å²) in [5.74, 6) is 0.0476. The van der Waals surface area contributed by atoms with Crippen LogP contribution in [0.5, 0.6) is 0 Å². The normalized spacial score (nSPS) is 10.3. The van der Waals surface area contributed by atoms with Crippen molar-refractivity contribution in [1.29, 1.82) is 0 Å². The highest BCUT2D eigenvalue weighted by Gasteiger charge is 2.00. The Morgan fingerprint density at radius 3 is 3.19 bits per heavy atom. The minimum Gasteiger partial charge on any atom is -0.384 e. The number of benzene rings is 1. The monoisotopic (exact) mass is 235 g/mol. The van der Waals surface area contributed by atoms with E-state index in [2.05, 4.69) is 21.7 Å². The average molecular weight is 235 g/mol. The minimum absolute atomic E-state index is 0.0476. The average Bonchev–Trinajstić information content (AvgIpc) is 2.76. The van der Waals surface area contributed by atoms with Crippen molar-refractivity contribution >= 4 is 33.1 Å². The lowest BCUT2D eigenvalue weighted by molar-refractivity contribution is -0.120. The van der Waals surface area contributed by atoms with Gasteiger partial charge in [-0.3, -0.25) is 4.79 Å². The van der Waals surface area contributed by atoms with Crippen LogP contribution in [0, 0.1) is 0 Å². The molecule has 0 fully saturated rings. The maximum Gasteiger partial charge on any atom is 0.221 e. The van der Waals surface area contributed by atoms with E-state index < -0.39 is 0 Å². The predicted octanol–water partition coefficient (Wildman–Crippen LogP) is 1.84. The largest absolute Gasteiger partial charge is 0.384 e. The van der Waals surface area contributed by atoms with Gasteiger partial charge in [0.15, 0.2) is 0 Å². The Hall–Kier alpha value is -1.62. The van der Waals surface area contributed by atoms with E-state index in [1.165, 1.54) is 0 Å².